The van der Waals surface area contributed by atoms with Gasteiger partial charge in [0.1, 0.15) is 5.75 Å². The van der Waals surface area contributed by atoms with Crippen molar-refractivity contribution in [3.05, 3.63) is 29.3 Å². The average Bonchev–Trinajstić information content (AvgIpc) is 2.31. The largest absolute Gasteiger partial charge is 0.508 e. The van der Waals surface area contributed by atoms with E-state index in [-0.39, 0.29) is 17.9 Å². The highest BCUT2D eigenvalue weighted by Crippen LogP contribution is 2.17. The molecule has 0 fully saturated rings. The van der Waals surface area contributed by atoms with Crippen molar-refractivity contribution in [1.29, 1.82) is 0 Å². The third-order valence-corrected chi connectivity index (χ3v) is 2.41. The number of benzene rings is 1. The summed E-state index contributed by atoms with van der Waals surface area (Å²) in [4.78, 5) is 22.6. The summed E-state index contributed by atoms with van der Waals surface area (Å²) in [5.74, 6) is -1.77. The van der Waals surface area contributed by atoms with Crippen LogP contribution in [0.25, 0.3) is 0 Å². The Morgan fingerprint density at radius 3 is 2.61 bits per heavy atom. The number of phenols is 1. The van der Waals surface area contributed by atoms with Crippen LogP contribution >= 0.6 is 0 Å². The first-order valence-electron chi connectivity index (χ1n) is 5.28. The van der Waals surface area contributed by atoms with Crippen molar-refractivity contribution in [2.45, 2.75) is 13.0 Å². The Balaban J connectivity index is 2.80. The monoisotopic (exact) mass is 253 g/mol. The van der Waals surface area contributed by atoms with Crippen molar-refractivity contribution in [2.24, 2.45) is 0 Å². The Hall–Kier alpha value is -2.08. The Morgan fingerprint density at radius 2 is 2.11 bits per heavy atom. The van der Waals surface area contributed by atoms with Gasteiger partial charge in [-0.05, 0) is 24.6 Å². The number of methoxy groups -OCH3 is 1. The van der Waals surface area contributed by atoms with E-state index >= 15 is 0 Å². The van der Waals surface area contributed by atoms with E-state index in [1.807, 2.05) is 0 Å². The van der Waals surface area contributed by atoms with E-state index in [0.717, 1.165) is 0 Å². The number of aromatic hydroxyl groups is 1. The van der Waals surface area contributed by atoms with Crippen LogP contribution in [0.2, 0.25) is 0 Å². The smallest absolute Gasteiger partial charge is 0.328 e. The molecule has 3 N–H and O–H groups in total. The zero-order valence-electron chi connectivity index (χ0n) is 10.1. The van der Waals surface area contributed by atoms with E-state index in [2.05, 4.69) is 5.32 Å². The highest BCUT2D eigenvalue weighted by Gasteiger charge is 2.20. The van der Waals surface area contributed by atoms with E-state index in [9.17, 15) is 14.7 Å². The van der Waals surface area contributed by atoms with Crippen LogP contribution in [0.3, 0.4) is 0 Å². The molecule has 6 heteroatoms. The van der Waals surface area contributed by atoms with Crippen LogP contribution in [0, 0.1) is 6.92 Å². The molecule has 18 heavy (non-hydrogen) atoms. The Morgan fingerprint density at radius 1 is 1.44 bits per heavy atom. The summed E-state index contributed by atoms with van der Waals surface area (Å²) in [6.07, 6.45) is 0. The molecule has 0 saturated heterocycles. The summed E-state index contributed by atoms with van der Waals surface area (Å²) in [7, 11) is 1.35. The van der Waals surface area contributed by atoms with Gasteiger partial charge in [-0.25, -0.2) is 4.79 Å². The SMILES string of the molecule is COCC(NC(=O)c1ccc(C)c(O)c1)C(=O)O. The zero-order chi connectivity index (χ0) is 13.7. The minimum atomic E-state index is -1.18. The van der Waals surface area contributed by atoms with Crippen LogP contribution in [0.5, 0.6) is 5.75 Å². The highest BCUT2D eigenvalue weighted by atomic mass is 16.5. The van der Waals surface area contributed by atoms with Gasteiger partial charge in [-0.15, -0.1) is 0 Å². The van der Waals surface area contributed by atoms with E-state index in [4.69, 9.17) is 9.84 Å². The molecule has 1 amide bonds. The van der Waals surface area contributed by atoms with Gasteiger partial charge in [-0.1, -0.05) is 6.07 Å². The molecular weight excluding hydrogens is 238 g/mol. The molecule has 0 aromatic heterocycles. The minimum Gasteiger partial charge on any atom is -0.508 e. The average molecular weight is 253 g/mol. The van der Waals surface area contributed by atoms with E-state index < -0.39 is 17.9 Å². The van der Waals surface area contributed by atoms with Gasteiger partial charge in [0.05, 0.1) is 6.61 Å². The number of hydrogen-bond acceptors (Lipinski definition) is 4. The first-order valence-corrected chi connectivity index (χ1v) is 5.28. The number of carboxylic acid groups (broad SMARTS) is 1. The molecule has 1 rings (SSSR count). The molecule has 0 bridgehead atoms. The topological polar surface area (TPSA) is 95.9 Å². The quantitative estimate of drug-likeness (QED) is 0.711. The van der Waals surface area contributed by atoms with Crippen molar-refractivity contribution in [2.75, 3.05) is 13.7 Å². The second-order valence-corrected chi connectivity index (χ2v) is 3.82. The first kappa shape index (κ1) is 14.0. The number of carbonyl (C=O) groups is 2. The van der Waals surface area contributed by atoms with Crippen molar-refractivity contribution in [1.82, 2.24) is 5.32 Å². The summed E-state index contributed by atoms with van der Waals surface area (Å²) in [6.45, 7) is 1.57. The zero-order valence-corrected chi connectivity index (χ0v) is 10.1. The third kappa shape index (κ3) is 3.46. The van der Waals surface area contributed by atoms with Crippen molar-refractivity contribution >= 4 is 11.9 Å². The molecule has 98 valence electrons. The van der Waals surface area contributed by atoms with Crippen LogP contribution in [-0.2, 0) is 9.53 Å². The number of hydrogen-bond donors (Lipinski definition) is 3. The number of amides is 1. The molecule has 0 aliphatic carbocycles. The second kappa shape index (κ2) is 6.02. The number of carboxylic acids is 1. The van der Waals surface area contributed by atoms with Crippen molar-refractivity contribution < 1.29 is 24.5 Å². The lowest BCUT2D eigenvalue weighted by atomic mass is 10.1. The number of rotatable bonds is 5. The van der Waals surface area contributed by atoms with E-state index in [1.54, 1.807) is 13.0 Å². The van der Waals surface area contributed by atoms with E-state index in [1.165, 1.54) is 19.2 Å². The van der Waals surface area contributed by atoms with Gasteiger partial charge in [-0.2, -0.15) is 0 Å². The van der Waals surface area contributed by atoms with Crippen LogP contribution in [0.15, 0.2) is 18.2 Å². The molecule has 1 aromatic carbocycles. The van der Waals surface area contributed by atoms with Crippen LogP contribution in [0.4, 0.5) is 0 Å². The molecule has 1 aromatic rings. The molecule has 0 radical (unpaired) electrons. The molecule has 0 aliphatic heterocycles. The van der Waals surface area contributed by atoms with Crippen LogP contribution in [-0.4, -0.2) is 41.8 Å². The summed E-state index contributed by atoms with van der Waals surface area (Å²) < 4.78 is 4.70. The fourth-order valence-corrected chi connectivity index (χ4v) is 1.33. The number of aliphatic carboxylic acids is 1. The van der Waals surface area contributed by atoms with Gasteiger partial charge in [0.2, 0.25) is 0 Å². The Labute approximate surface area is 104 Å². The molecule has 0 heterocycles. The molecule has 6 nitrogen and oxygen atoms in total. The van der Waals surface area contributed by atoms with Gasteiger partial charge >= 0.3 is 5.97 Å². The summed E-state index contributed by atoms with van der Waals surface area (Å²) >= 11 is 0. The predicted octanol–water partition coefficient (Wildman–Crippen LogP) is 0.530. The predicted molar refractivity (Wildman–Crippen MR) is 63.6 cm³/mol. The minimum absolute atomic E-state index is 0.0127. The first-order chi connectivity index (χ1) is 8.45. The third-order valence-electron chi connectivity index (χ3n) is 2.41. The lowest BCUT2D eigenvalue weighted by Crippen LogP contribution is -2.43. The standard InChI is InChI=1S/C12H15NO5/c1-7-3-4-8(5-10(7)14)11(15)13-9(6-18-2)12(16)17/h3-5,9,14H,6H2,1-2H3,(H,13,15)(H,16,17). The maximum Gasteiger partial charge on any atom is 0.328 e. The van der Waals surface area contributed by atoms with Gasteiger partial charge < -0.3 is 20.3 Å². The fraction of sp³-hybridized carbons (Fsp3) is 0.333. The fourth-order valence-electron chi connectivity index (χ4n) is 1.33. The molecule has 0 aliphatic rings. The maximum absolute atomic E-state index is 11.8. The van der Waals surface area contributed by atoms with Crippen molar-refractivity contribution in [3.63, 3.8) is 0 Å². The normalized spacial score (nSPS) is 11.9. The molecule has 0 spiro atoms. The summed E-state index contributed by atoms with van der Waals surface area (Å²) in [5.41, 5.74) is 0.832. The lowest BCUT2D eigenvalue weighted by Gasteiger charge is -2.13. The highest BCUT2D eigenvalue weighted by molar-refractivity contribution is 5.97. The Bertz CT molecular complexity index is 458. The number of aryl methyl sites for hydroxylation is 1. The summed E-state index contributed by atoms with van der Waals surface area (Å²) in [6, 6.07) is 3.26. The molecule has 0 saturated carbocycles. The molecule has 1 unspecified atom stereocenters. The Kier molecular flexibility index (Phi) is 4.67. The van der Waals surface area contributed by atoms with Gasteiger partial charge in [0, 0.05) is 12.7 Å². The second-order valence-electron chi connectivity index (χ2n) is 3.82. The molecular formula is C12H15NO5. The van der Waals surface area contributed by atoms with Gasteiger partial charge in [-0.3, -0.25) is 4.79 Å². The van der Waals surface area contributed by atoms with Crippen molar-refractivity contribution in [3.8, 4) is 5.75 Å². The number of phenolic OH excluding ortho intramolecular Hbond substituents is 1. The number of ether oxygens (including phenoxy) is 1. The number of nitrogens with one attached hydrogen (secondary N) is 1. The van der Waals surface area contributed by atoms with Crippen LogP contribution in [0.1, 0.15) is 15.9 Å². The molecule has 1 atom stereocenters. The van der Waals surface area contributed by atoms with Crippen LogP contribution < -0.4 is 5.32 Å². The van der Waals surface area contributed by atoms with E-state index in [0.29, 0.717) is 5.56 Å². The van der Waals surface area contributed by atoms with Gasteiger partial charge in [0.15, 0.2) is 6.04 Å². The lowest BCUT2D eigenvalue weighted by molar-refractivity contribution is -0.140. The summed E-state index contributed by atoms with van der Waals surface area (Å²) in [5, 5.41) is 20.6. The van der Waals surface area contributed by atoms with Gasteiger partial charge in [0.25, 0.3) is 5.91 Å². The maximum atomic E-state index is 11.8. The number of carbonyl (C=O) groups excluding carboxylic acids is 1.